The second-order valence-corrected chi connectivity index (χ2v) is 7.32. The van der Waals surface area contributed by atoms with Crippen molar-refractivity contribution in [2.45, 2.75) is 25.9 Å². The number of hydrogen-bond acceptors (Lipinski definition) is 6. The molecule has 6 nitrogen and oxygen atoms in total. The first-order chi connectivity index (χ1) is 9.96. The summed E-state index contributed by atoms with van der Waals surface area (Å²) in [5.41, 5.74) is 0.630. The van der Waals surface area contributed by atoms with E-state index in [1.807, 2.05) is 0 Å². The van der Waals surface area contributed by atoms with Gasteiger partial charge >= 0.3 is 0 Å². The summed E-state index contributed by atoms with van der Waals surface area (Å²) in [6, 6.07) is 3.39. The smallest absolute Gasteiger partial charge is 0.231 e. The molecule has 1 atom stereocenters. The molecule has 0 saturated heterocycles. The van der Waals surface area contributed by atoms with Gasteiger partial charge in [-0.2, -0.15) is 0 Å². The van der Waals surface area contributed by atoms with Gasteiger partial charge in [-0.25, -0.2) is 8.42 Å². The summed E-state index contributed by atoms with van der Waals surface area (Å²) < 4.78 is 38.7. The fourth-order valence-electron chi connectivity index (χ4n) is 2.15. The zero-order chi connectivity index (χ0) is 15.5. The zero-order valence-corrected chi connectivity index (χ0v) is 13.0. The molecule has 1 unspecified atom stereocenters. The number of rotatable bonds is 7. The van der Waals surface area contributed by atoms with Crippen LogP contribution in [-0.4, -0.2) is 38.9 Å². The predicted octanol–water partition coefficient (Wildman–Crippen LogP) is 1.67. The molecule has 0 aliphatic carbocycles. The Morgan fingerprint density at radius 1 is 1.38 bits per heavy atom. The number of sulfone groups is 1. The van der Waals surface area contributed by atoms with Crippen LogP contribution in [0.5, 0.6) is 17.2 Å². The Labute approximate surface area is 124 Å². The number of methoxy groups -OCH3 is 1. The first-order valence-corrected chi connectivity index (χ1v) is 8.65. The van der Waals surface area contributed by atoms with Crippen molar-refractivity contribution >= 4 is 9.84 Å². The second kappa shape index (κ2) is 6.53. The van der Waals surface area contributed by atoms with Crippen molar-refractivity contribution in [3.05, 3.63) is 17.7 Å². The zero-order valence-electron chi connectivity index (χ0n) is 12.2. The minimum atomic E-state index is -3.00. The van der Waals surface area contributed by atoms with Gasteiger partial charge < -0.3 is 19.3 Å². The molecule has 1 heterocycles. The summed E-state index contributed by atoms with van der Waals surface area (Å²) in [5, 5.41) is 10.2. The molecule has 0 amide bonds. The van der Waals surface area contributed by atoms with Crippen molar-refractivity contribution in [3.8, 4) is 17.2 Å². The highest BCUT2D eigenvalue weighted by molar-refractivity contribution is 7.91. The summed E-state index contributed by atoms with van der Waals surface area (Å²) in [6.45, 7) is 1.74. The molecule has 0 radical (unpaired) electrons. The maximum atomic E-state index is 11.4. The van der Waals surface area contributed by atoms with Crippen molar-refractivity contribution in [2.24, 2.45) is 0 Å². The van der Waals surface area contributed by atoms with Crippen molar-refractivity contribution in [1.82, 2.24) is 0 Å². The van der Waals surface area contributed by atoms with E-state index < -0.39 is 15.9 Å². The minimum Gasteiger partial charge on any atom is -0.493 e. The van der Waals surface area contributed by atoms with Crippen molar-refractivity contribution in [3.63, 3.8) is 0 Å². The van der Waals surface area contributed by atoms with Gasteiger partial charge in [-0.3, -0.25) is 0 Å². The number of benzene rings is 1. The molecular formula is C14H20O6S. The topological polar surface area (TPSA) is 82.1 Å². The molecule has 21 heavy (non-hydrogen) atoms. The Balaban J connectivity index is 2.04. The molecule has 0 fully saturated rings. The van der Waals surface area contributed by atoms with E-state index >= 15 is 0 Å². The lowest BCUT2D eigenvalue weighted by Crippen LogP contribution is -2.10. The molecule has 2 rings (SSSR count). The lowest BCUT2D eigenvalue weighted by molar-refractivity contribution is 0.165. The number of aliphatic hydroxyl groups excluding tert-OH is 1. The first kappa shape index (κ1) is 15.9. The van der Waals surface area contributed by atoms with Gasteiger partial charge in [-0.1, -0.05) is 6.92 Å². The molecule has 0 saturated carbocycles. The Morgan fingerprint density at radius 3 is 2.81 bits per heavy atom. The van der Waals surface area contributed by atoms with E-state index in [-0.39, 0.29) is 18.3 Å². The maximum Gasteiger partial charge on any atom is 0.231 e. The predicted molar refractivity (Wildman–Crippen MR) is 77.6 cm³/mol. The highest BCUT2D eigenvalue weighted by Gasteiger charge is 2.22. The van der Waals surface area contributed by atoms with Gasteiger partial charge in [0.15, 0.2) is 11.5 Å². The van der Waals surface area contributed by atoms with Crippen molar-refractivity contribution in [1.29, 1.82) is 0 Å². The molecule has 1 N–H and O–H groups in total. The number of aliphatic hydroxyl groups is 1. The fraction of sp³-hybridized carbons (Fsp3) is 0.571. The summed E-state index contributed by atoms with van der Waals surface area (Å²) in [5.74, 6) is 1.77. The van der Waals surface area contributed by atoms with Crippen LogP contribution in [0.25, 0.3) is 0 Å². The summed E-state index contributed by atoms with van der Waals surface area (Å²) in [4.78, 5) is 0. The normalized spacial score (nSPS) is 15.0. The van der Waals surface area contributed by atoms with E-state index in [2.05, 4.69) is 0 Å². The van der Waals surface area contributed by atoms with E-state index in [1.165, 1.54) is 7.11 Å². The van der Waals surface area contributed by atoms with Crippen LogP contribution in [0.4, 0.5) is 0 Å². The fourth-order valence-corrected chi connectivity index (χ4v) is 3.05. The van der Waals surface area contributed by atoms with Gasteiger partial charge in [-0.15, -0.1) is 0 Å². The van der Waals surface area contributed by atoms with Crippen LogP contribution in [0.1, 0.15) is 31.4 Å². The molecule has 118 valence electrons. The quantitative estimate of drug-likeness (QED) is 0.824. The molecule has 0 aromatic heterocycles. The Kier molecular flexibility index (Phi) is 4.95. The second-order valence-electron chi connectivity index (χ2n) is 4.85. The highest BCUT2D eigenvalue weighted by Crippen LogP contribution is 2.43. The van der Waals surface area contributed by atoms with Crippen LogP contribution in [0.15, 0.2) is 12.1 Å². The average molecular weight is 316 g/mol. The highest BCUT2D eigenvalue weighted by atomic mass is 32.2. The van der Waals surface area contributed by atoms with Gasteiger partial charge in [0.1, 0.15) is 9.84 Å². The van der Waals surface area contributed by atoms with E-state index in [1.54, 1.807) is 19.1 Å². The van der Waals surface area contributed by atoms with Gasteiger partial charge in [0.2, 0.25) is 12.5 Å². The first-order valence-electron chi connectivity index (χ1n) is 6.83. The van der Waals surface area contributed by atoms with Crippen LogP contribution in [0.3, 0.4) is 0 Å². The molecule has 1 aromatic rings. The molecule has 0 spiro atoms. The summed E-state index contributed by atoms with van der Waals surface area (Å²) >= 11 is 0. The molecule has 0 bridgehead atoms. The third-order valence-electron chi connectivity index (χ3n) is 3.44. The van der Waals surface area contributed by atoms with Crippen LogP contribution in [0, 0.1) is 0 Å². The maximum absolute atomic E-state index is 11.4. The largest absolute Gasteiger partial charge is 0.493 e. The van der Waals surface area contributed by atoms with E-state index in [9.17, 15) is 13.5 Å². The third kappa shape index (κ3) is 3.79. The minimum absolute atomic E-state index is 0.0856. The molecule has 1 aliphatic heterocycles. The monoisotopic (exact) mass is 316 g/mol. The lowest BCUT2D eigenvalue weighted by Gasteiger charge is -2.13. The molecule has 1 aromatic carbocycles. The molecular weight excluding hydrogens is 296 g/mol. The Bertz CT molecular complexity index is 596. The number of fused-ring (bicyclic) bond motifs is 1. The van der Waals surface area contributed by atoms with Gasteiger partial charge in [-0.05, 0) is 30.5 Å². The third-order valence-corrected chi connectivity index (χ3v) is 5.23. The van der Waals surface area contributed by atoms with Crippen LogP contribution < -0.4 is 14.2 Å². The van der Waals surface area contributed by atoms with Crippen molar-refractivity contribution < 1.29 is 27.7 Å². The number of hydrogen-bond donors (Lipinski definition) is 1. The van der Waals surface area contributed by atoms with Crippen LogP contribution >= 0.6 is 0 Å². The van der Waals surface area contributed by atoms with Gasteiger partial charge in [0, 0.05) is 5.75 Å². The Hall–Kier alpha value is -1.47. The van der Waals surface area contributed by atoms with Gasteiger partial charge in [0.25, 0.3) is 0 Å². The summed E-state index contributed by atoms with van der Waals surface area (Å²) in [7, 11) is -1.49. The molecule has 7 heteroatoms. The SMILES string of the molecule is CCS(=O)(=O)CCCC(O)c1cc(OC)c2c(c1)OCO2. The Morgan fingerprint density at radius 2 is 2.14 bits per heavy atom. The summed E-state index contributed by atoms with van der Waals surface area (Å²) in [6.07, 6.45) is 0.0105. The lowest BCUT2D eigenvalue weighted by atomic mass is 10.0. The average Bonchev–Trinajstić information content (AvgIpc) is 2.94. The van der Waals surface area contributed by atoms with E-state index in [4.69, 9.17) is 14.2 Å². The molecule has 1 aliphatic rings. The van der Waals surface area contributed by atoms with Crippen molar-refractivity contribution in [2.75, 3.05) is 25.4 Å². The number of ether oxygens (including phenoxy) is 3. The standard InChI is InChI=1S/C14H20O6S/c1-3-21(16,17)6-4-5-11(15)10-7-12(18-2)14-13(8-10)19-9-20-14/h7-8,11,15H,3-6,9H2,1-2H3. The van der Waals surface area contributed by atoms with Crippen LogP contribution in [-0.2, 0) is 9.84 Å². The van der Waals surface area contributed by atoms with E-state index in [0.717, 1.165) is 0 Å². The van der Waals surface area contributed by atoms with Gasteiger partial charge in [0.05, 0.1) is 19.0 Å². The van der Waals surface area contributed by atoms with Crippen LogP contribution in [0.2, 0.25) is 0 Å². The van der Waals surface area contributed by atoms with E-state index in [0.29, 0.717) is 35.7 Å².